The molecule has 2 aromatic rings. The fourth-order valence-corrected chi connectivity index (χ4v) is 5.60. The highest BCUT2D eigenvalue weighted by atomic mass is 32.2. The predicted octanol–water partition coefficient (Wildman–Crippen LogP) is 3.33. The van der Waals surface area contributed by atoms with E-state index in [9.17, 15) is 19.8 Å². The summed E-state index contributed by atoms with van der Waals surface area (Å²) in [6.07, 6.45) is 6.63. The van der Waals surface area contributed by atoms with Crippen molar-refractivity contribution < 1.29 is 24.5 Å². The van der Waals surface area contributed by atoms with Gasteiger partial charge in [0.25, 0.3) is 11.8 Å². The van der Waals surface area contributed by atoms with E-state index < -0.39 is 0 Å². The van der Waals surface area contributed by atoms with Crippen LogP contribution in [0.1, 0.15) is 70.4 Å². The smallest absolute Gasteiger partial charge is 0.256 e. The van der Waals surface area contributed by atoms with Gasteiger partial charge >= 0.3 is 0 Å². The number of ether oxygens (including phenoxy) is 1. The lowest BCUT2D eigenvalue weighted by Gasteiger charge is -2.30. The number of aromatic nitrogens is 1. The first-order chi connectivity index (χ1) is 16.9. The van der Waals surface area contributed by atoms with Gasteiger partial charge < -0.3 is 25.6 Å². The van der Waals surface area contributed by atoms with Gasteiger partial charge in [0.15, 0.2) is 0 Å². The van der Waals surface area contributed by atoms with Crippen LogP contribution in [0.5, 0.6) is 11.6 Å². The molecule has 0 atom stereocenters. The second-order valence-electron chi connectivity index (χ2n) is 9.30. The van der Waals surface area contributed by atoms with E-state index in [2.05, 4.69) is 15.6 Å². The maximum Gasteiger partial charge on any atom is 0.256 e. The number of hydrogen-bond donors (Lipinski definition) is 4. The van der Waals surface area contributed by atoms with E-state index in [1.54, 1.807) is 12.3 Å². The second-order valence-corrected chi connectivity index (χ2v) is 10.5. The van der Waals surface area contributed by atoms with Gasteiger partial charge in [-0.15, -0.1) is 0 Å². The molecular weight excluding hydrogens is 466 g/mol. The number of aryl methyl sites for hydroxylation is 1. The van der Waals surface area contributed by atoms with Gasteiger partial charge in [-0.1, -0.05) is 6.07 Å². The van der Waals surface area contributed by atoms with Crippen LogP contribution in [0.25, 0.3) is 0 Å². The van der Waals surface area contributed by atoms with Crippen LogP contribution in [-0.4, -0.2) is 56.7 Å². The van der Waals surface area contributed by atoms with Crippen molar-refractivity contribution in [2.45, 2.75) is 70.2 Å². The summed E-state index contributed by atoms with van der Waals surface area (Å²) in [4.78, 5) is 30.2. The summed E-state index contributed by atoms with van der Waals surface area (Å²) in [5.41, 5.74) is 2.10. The van der Waals surface area contributed by atoms with E-state index in [0.29, 0.717) is 29.8 Å². The quantitative estimate of drug-likeness (QED) is 0.461. The minimum absolute atomic E-state index is 0.00112. The van der Waals surface area contributed by atoms with Gasteiger partial charge in [0, 0.05) is 18.3 Å². The number of aliphatic hydroxyl groups excluding tert-OH is 1. The predicted molar refractivity (Wildman–Crippen MR) is 135 cm³/mol. The number of rotatable bonds is 7. The Morgan fingerprint density at radius 3 is 2.26 bits per heavy atom. The monoisotopic (exact) mass is 499 g/mol. The summed E-state index contributed by atoms with van der Waals surface area (Å²) in [5.74, 6) is 1.86. The molecule has 188 valence electrons. The molecule has 2 heterocycles. The molecule has 4 rings (SSSR count). The average molecular weight is 500 g/mol. The molecule has 9 heteroatoms. The minimum atomic E-state index is -0.362. The molecule has 1 aromatic carbocycles. The molecule has 0 radical (unpaired) electrons. The van der Waals surface area contributed by atoms with Crippen molar-refractivity contribution in [1.82, 2.24) is 15.6 Å². The van der Waals surface area contributed by atoms with Crippen LogP contribution < -0.4 is 15.4 Å². The van der Waals surface area contributed by atoms with Crippen LogP contribution in [0.3, 0.4) is 0 Å². The van der Waals surface area contributed by atoms with E-state index in [1.165, 1.54) is 12.1 Å². The topological polar surface area (TPSA) is 121 Å². The number of phenols is 1. The van der Waals surface area contributed by atoms with Gasteiger partial charge in [-0.25, -0.2) is 4.98 Å². The Kier molecular flexibility index (Phi) is 8.51. The molecule has 2 fully saturated rings. The highest BCUT2D eigenvalue weighted by Gasteiger charge is 2.27. The van der Waals surface area contributed by atoms with Crippen LogP contribution in [0, 0.1) is 6.92 Å². The number of aromatic hydroxyl groups is 1. The van der Waals surface area contributed by atoms with E-state index >= 15 is 0 Å². The third-order valence-electron chi connectivity index (χ3n) is 6.56. The number of thioether (sulfide) groups is 1. The second kappa shape index (κ2) is 11.8. The summed E-state index contributed by atoms with van der Waals surface area (Å²) in [7, 11) is 0. The molecule has 2 amide bonds. The minimum Gasteiger partial charge on any atom is -0.507 e. The lowest BCUT2D eigenvalue weighted by Crippen LogP contribution is -2.44. The third kappa shape index (κ3) is 6.67. The molecule has 0 unspecified atom stereocenters. The Bertz CT molecular complexity index is 1050. The average Bonchev–Trinajstić information content (AvgIpc) is 2.87. The van der Waals surface area contributed by atoms with Crippen molar-refractivity contribution in [3.8, 4) is 11.6 Å². The first-order valence-electron chi connectivity index (χ1n) is 12.2. The lowest BCUT2D eigenvalue weighted by molar-refractivity contribution is 0.0884. The number of nitrogens with zero attached hydrogens (tertiary/aromatic N) is 1. The maximum atomic E-state index is 13.1. The molecule has 1 aliphatic carbocycles. The van der Waals surface area contributed by atoms with Gasteiger partial charge in [0.1, 0.15) is 17.4 Å². The number of aliphatic hydroxyl groups is 1. The Morgan fingerprint density at radius 1 is 1.00 bits per heavy atom. The molecule has 35 heavy (non-hydrogen) atoms. The van der Waals surface area contributed by atoms with Crippen LogP contribution in [-0.2, 0) is 6.61 Å². The maximum absolute atomic E-state index is 13.1. The molecule has 1 aromatic heterocycles. The molecule has 0 bridgehead atoms. The zero-order chi connectivity index (χ0) is 24.8. The van der Waals surface area contributed by atoms with Crippen molar-refractivity contribution in [1.29, 1.82) is 0 Å². The molecule has 0 spiro atoms. The number of phenolic OH excluding ortho intramolecular Hbond substituents is 1. The fraction of sp³-hybridized carbons (Fsp3) is 0.500. The molecule has 4 N–H and O–H groups in total. The van der Waals surface area contributed by atoms with Gasteiger partial charge in [0.05, 0.1) is 12.2 Å². The van der Waals surface area contributed by atoms with Gasteiger partial charge in [-0.2, -0.15) is 11.8 Å². The van der Waals surface area contributed by atoms with Crippen LogP contribution in [0.15, 0.2) is 30.5 Å². The van der Waals surface area contributed by atoms with E-state index in [4.69, 9.17) is 4.74 Å². The largest absolute Gasteiger partial charge is 0.507 e. The Morgan fingerprint density at radius 2 is 1.63 bits per heavy atom. The molecule has 2 aliphatic rings. The van der Waals surface area contributed by atoms with Crippen molar-refractivity contribution >= 4 is 23.6 Å². The van der Waals surface area contributed by atoms with Crippen LogP contribution >= 0.6 is 11.8 Å². The SMILES string of the molecule is Cc1cnc(OC2CCSCC2)c(C(=O)NC2CCC(NC(=O)c3cc(CO)ccc3O)CC2)c1. The Hall–Kier alpha value is -2.78. The number of carbonyl (C=O) groups is 2. The number of benzene rings is 1. The van der Waals surface area contributed by atoms with Gasteiger partial charge in [0.2, 0.25) is 5.88 Å². The first-order valence-corrected chi connectivity index (χ1v) is 13.3. The number of carbonyl (C=O) groups excluding carboxylic acids is 2. The van der Waals surface area contributed by atoms with E-state index in [0.717, 1.165) is 42.8 Å². The summed E-state index contributed by atoms with van der Waals surface area (Å²) < 4.78 is 6.11. The van der Waals surface area contributed by atoms with Crippen LogP contribution in [0.4, 0.5) is 0 Å². The summed E-state index contributed by atoms with van der Waals surface area (Å²) in [5, 5.41) is 25.4. The molecular formula is C26H33N3O5S. The zero-order valence-electron chi connectivity index (χ0n) is 20.0. The van der Waals surface area contributed by atoms with Gasteiger partial charge in [-0.05, 0) is 86.3 Å². The van der Waals surface area contributed by atoms with Crippen LogP contribution in [0.2, 0.25) is 0 Å². The van der Waals surface area contributed by atoms with E-state index in [1.807, 2.05) is 24.8 Å². The molecule has 8 nitrogen and oxygen atoms in total. The third-order valence-corrected chi connectivity index (χ3v) is 7.61. The highest BCUT2D eigenvalue weighted by Crippen LogP contribution is 2.26. The first kappa shape index (κ1) is 25.3. The van der Waals surface area contributed by atoms with E-state index in [-0.39, 0.29) is 47.9 Å². The highest BCUT2D eigenvalue weighted by molar-refractivity contribution is 7.99. The van der Waals surface area contributed by atoms with Crippen molar-refractivity contribution in [3.63, 3.8) is 0 Å². The number of amides is 2. The van der Waals surface area contributed by atoms with Crippen molar-refractivity contribution in [3.05, 3.63) is 52.7 Å². The number of hydrogen-bond acceptors (Lipinski definition) is 7. The Balaban J connectivity index is 1.31. The zero-order valence-corrected chi connectivity index (χ0v) is 20.8. The number of nitrogens with one attached hydrogen (secondary N) is 2. The summed E-state index contributed by atoms with van der Waals surface area (Å²) in [6.45, 7) is 1.71. The fourth-order valence-electron chi connectivity index (χ4n) is 4.54. The standard InChI is InChI=1S/C26H33N3O5S/c1-16-12-22(26(27-14-16)34-20-8-10-35-11-9-20)25(33)29-19-5-3-18(4-6-19)28-24(32)21-13-17(15-30)2-7-23(21)31/h2,7,12-14,18-20,30-31H,3-6,8-11,15H2,1H3,(H,28,32)(H,29,33). The number of pyridine rings is 1. The molecule has 1 saturated carbocycles. The molecule has 1 aliphatic heterocycles. The van der Waals surface area contributed by atoms with Crippen molar-refractivity contribution in [2.75, 3.05) is 11.5 Å². The summed E-state index contributed by atoms with van der Waals surface area (Å²) in [6, 6.07) is 6.27. The van der Waals surface area contributed by atoms with Gasteiger partial charge in [-0.3, -0.25) is 9.59 Å². The Labute approximate surface area is 209 Å². The van der Waals surface area contributed by atoms with Crippen molar-refractivity contribution in [2.24, 2.45) is 0 Å². The summed E-state index contributed by atoms with van der Waals surface area (Å²) >= 11 is 1.92. The normalized spacial score (nSPS) is 20.7. The molecule has 1 saturated heterocycles. The lowest BCUT2D eigenvalue weighted by atomic mass is 9.90.